The van der Waals surface area contributed by atoms with Gasteiger partial charge in [-0.25, -0.2) is 4.68 Å². The molecule has 0 N–H and O–H groups in total. The lowest BCUT2D eigenvalue weighted by Crippen LogP contribution is -2.19. The molecular formula is C18H17IN2O. The Labute approximate surface area is 143 Å². The fourth-order valence-corrected chi connectivity index (χ4v) is 3.73. The van der Waals surface area contributed by atoms with Gasteiger partial charge in [-0.2, -0.15) is 5.10 Å². The molecule has 1 atom stereocenters. The Morgan fingerprint density at radius 2 is 1.91 bits per heavy atom. The van der Waals surface area contributed by atoms with Gasteiger partial charge in [-0.15, -0.1) is 0 Å². The van der Waals surface area contributed by atoms with Gasteiger partial charge in [-0.05, 0) is 65.1 Å². The Bertz CT molecular complexity index is 791. The maximum absolute atomic E-state index is 5.93. The topological polar surface area (TPSA) is 27.1 Å². The number of benzene rings is 2. The van der Waals surface area contributed by atoms with Crippen LogP contribution in [0.4, 0.5) is 0 Å². The first kappa shape index (κ1) is 14.2. The summed E-state index contributed by atoms with van der Waals surface area (Å²) in [4.78, 5) is 0. The summed E-state index contributed by atoms with van der Waals surface area (Å²) in [7, 11) is 0. The Kier molecular flexibility index (Phi) is 3.88. The molecule has 112 valence electrons. The molecule has 0 radical (unpaired) electrons. The minimum absolute atomic E-state index is 0.0748. The number of halogens is 1. The van der Waals surface area contributed by atoms with Crippen molar-refractivity contribution in [1.82, 2.24) is 9.78 Å². The molecule has 3 nitrogen and oxygen atoms in total. The van der Waals surface area contributed by atoms with Gasteiger partial charge < -0.3 is 4.74 Å². The number of ether oxygens (including phenoxy) is 1. The summed E-state index contributed by atoms with van der Waals surface area (Å²) in [6.45, 7) is 0.834. The average Bonchev–Trinajstić information content (AvgIpc) is 2.93. The summed E-state index contributed by atoms with van der Waals surface area (Å²) in [5.74, 6) is 0. The van der Waals surface area contributed by atoms with Crippen LogP contribution in [0.3, 0.4) is 0 Å². The van der Waals surface area contributed by atoms with Crippen molar-refractivity contribution in [3.63, 3.8) is 0 Å². The van der Waals surface area contributed by atoms with E-state index in [9.17, 15) is 0 Å². The van der Waals surface area contributed by atoms with Crippen LogP contribution in [0.1, 0.15) is 25.5 Å². The van der Waals surface area contributed by atoms with Gasteiger partial charge in [0.15, 0.2) is 6.23 Å². The molecule has 22 heavy (non-hydrogen) atoms. The van der Waals surface area contributed by atoms with Crippen LogP contribution in [0.5, 0.6) is 0 Å². The zero-order valence-electron chi connectivity index (χ0n) is 12.2. The first-order valence-electron chi connectivity index (χ1n) is 7.68. The molecule has 0 aliphatic carbocycles. The predicted molar refractivity (Wildman–Crippen MR) is 96.7 cm³/mol. The molecule has 3 aromatic rings. The molecule has 1 aliphatic heterocycles. The largest absolute Gasteiger partial charge is 0.356 e. The molecule has 1 aliphatic rings. The van der Waals surface area contributed by atoms with E-state index in [4.69, 9.17) is 9.84 Å². The molecule has 4 rings (SSSR count). The molecule has 1 fully saturated rings. The fourth-order valence-electron chi connectivity index (χ4n) is 3.04. The van der Waals surface area contributed by atoms with Gasteiger partial charge in [-0.1, -0.05) is 36.4 Å². The first-order valence-corrected chi connectivity index (χ1v) is 8.75. The summed E-state index contributed by atoms with van der Waals surface area (Å²) in [5.41, 5.74) is 3.62. The minimum atomic E-state index is 0.0748. The minimum Gasteiger partial charge on any atom is -0.356 e. The Balaban J connectivity index is 1.83. The molecule has 2 heterocycles. The zero-order valence-corrected chi connectivity index (χ0v) is 14.4. The summed E-state index contributed by atoms with van der Waals surface area (Å²) in [6, 6.07) is 17.1. The van der Waals surface area contributed by atoms with Crippen molar-refractivity contribution in [2.24, 2.45) is 0 Å². The second kappa shape index (κ2) is 6.01. The van der Waals surface area contributed by atoms with Crippen LogP contribution < -0.4 is 0 Å². The number of rotatable bonds is 2. The standard InChI is InChI=1S/C18H17IN2O/c19-18-15-10-9-14(13-6-2-1-3-7-13)12-16(15)21(20-18)17-8-4-5-11-22-17/h1-3,6-7,9-10,12,17H,4-5,8,11H2/t17-/m1/s1. The normalized spacial score (nSPS) is 18.7. The van der Waals surface area contributed by atoms with Crippen LogP contribution in [0, 0.1) is 3.70 Å². The van der Waals surface area contributed by atoms with E-state index >= 15 is 0 Å². The zero-order chi connectivity index (χ0) is 14.9. The van der Waals surface area contributed by atoms with E-state index in [1.54, 1.807) is 0 Å². The van der Waals surface area contributed by atoms with Crippen LogP contribution in [-0.4, -0.2) is 16.4 Å². The monoisotopic (exact) mass is 404 g/mol. The molecule has 0 spiro atoms. The van der Waals surface area contributed by atoms with Crippen molar-refractivity contribution in [2.75, 3.05) is 6.61 Å². The molecule has 1 aromatic heterocycles. The van der Waals surface area contributed by atoms with Gasteiger partial charge in [0.25, 0.3) is 0 Å². The highest BCUT2D eigenvalue weighted by molar-refractivity contribution is 14.1. The number of aromatic nitrogens is 2. The van der Waals surface area contributed by atoms with Crippen LogP contribution in [0.2, 0.25) is 0 Å². The molecule has 1 saturated heterocycles. The molecule has 0 amide bonds. The lowest BCUT2D eigenvalue weighted by molar-refractivity contribution is -0.0368. The second-order valence-corrected chi connectivity index (χ2v) is 6.68. The molecule has 0 unspecified atom stereocenters. The highest BCUT2D eigenvalue weighted by Crippen LogP contribution is 2.31. The van der Waals surface area contributed by atoms with Crippen molar-refractivity contribution in [3.8, 4) is 11.1 Å². The van der Waals surface area contributed by atoms with Gasteiger partial charge >= 0.3 is 0 Å². The highest BCUT2D eigenvalue weighted by Gasteiger charge is 2.20. The lowest BCUT2D eigenvalue weighted by Gasteiger charge is -2.23. The number of fused-ring (bicyclic) bond motifs is 1. The summed E-state index contributed by atoms with van der Waals surface area (Å²) < 4.78 is 9.04. The third-order valence-corrected chi connectivity index (χ3v) is 4.99. The Morgan fingerprint density at radius 3 is 2.68 bits per heavy atom. The molecule has 4 heteroatoms. The van der Waals surface area contributed by atoms with Gasteiger partial charge in [0.1, 0.15) is 3.70 Å². The van der Waals surface area contributed by atoms with E-state index in [1.165, 1.54) is 22.9 Å². The SMILES string of the molecule is Ic1nn([C@H]2CCCCO2)c2cc(-c3ccccc3)ccc12. The predicted octanol–water partition coefficient (Wildman–Crippen LogP) is 5.01. The van der Waals surface area contributed by atoms with E-state index in [0.717, 1.165) is 28.7 Å². The van der Waals surface area contributed by atoms with Gasteiger partial charge in [0.05, 0.1) is 5.52 Å². The van der Waals surface area contributed by atoms with Gasteiger partial charge in [0.2, 0.25) is 0 Å². The number of hydrogen-bond donors (Lipinski definition) is 0. The Morgan fingerprint density at radius 1 is 1.05 bits per heavy atom. The van der Waals surface area contributed by atoms with Crippen molar-refractivity contribution in [1.29, 1.82) is 0 Å². The molecular weight excluding hydrogens is 387 g/mol. The van der Waals surface area contributed by atoms with E-state index in [-0.39, 0.29) is 6.23 Å². The number of nitrogens with zero attached hydrogens (tertiary/aromatic N) is 2. The maximum Gasteiger partial charge on any atom is 0.150 e. The van der Waals surface area contributed by atoms with E-state index in [0.29, 0.717) is 0 Å². The van der Waals surface area contributed by atoms with Crippen molar-refractivity contribution < 1.29 is 4.74 Å². The maximum atomic E-state index is 5.93. The summed E-state index contributed by atoms with van der Waals surface area (Å²) in [5, 5.41) is 5.93. The van der Waals surface area contributed by atoms with Crippen LogP contribution in [-0.2, 0) is 4.74 Å². The van der Waals surface area contributed by atoms with Gasteiger partial charge in [0, 0.05) is 12.0 Å². The van der Waals surface area contributed by atoms with Crippen LogP contribution in [0.25, 0.3) is 22.0 Å². The van der Waals surface area contributed by atoms with Crippen LogP contribution in [0.15, 0.2) is 48.5 Å². The van der Waals surface area contributed by atoms with Crippen molar-refractivity contribution >= 4 is 33.5 Å². The van der Waals surface area contributed by atoms with E-state index in [1.807, 2.05) is 6.07 Å². The van der Waals surface area contributed by atoms with E-state index < -0.39 is 0 Å². The van der Waals surface area contributed by atoms with Crippen LogP contribution >= 0.6 is 22.6 Å². The van der Waals surface area contributed by atoms with Crippen molar-refractivity contribution in [3.05, 3.63) is 52.2 Å². The summed E-state index contributed by atoms with van der Waals surface area (Å²) in [6.07, 6.45) is 3.48. The fraction of sp³-hybridized carbons (Fsp3) is 0.278. The third kappa shape index (κ3) is 2.54. The smallest absolute Gasteiger partial charge is 0.150 e. The quantitative estimate of drug-likeness (QED) is 0.562. The molecule has 0 saturated carbocycles. The lowest BCUT2D eigenvalue weighted by atomic mass is 10.0. The summed E-state index contributed by atoms with van der Waals surface area (Å²) >= 11 is 2.31. The second-order valence-electron chi connectivity index (χ2n) is 5.65. The van der Waals surface area contributed by atoms with E-state index in [2.05, 4.69) is 69.7 Å². The third-order valence-electron chi connectivity index (χ3n) is 4.20. The first-order chi connectivity index (χ1) is 10.8. The Hall–Kier alpha value is -1.40. The number of hydrogen-bond acceptors (Lipinski definition) is 2. The van der Waals surface area contributed by atoms with Gasteiger partial charge in [-0.3, -0.25) is 0 Å². The average molecular weight is 404 g/mol. The molecule has 0 bridgehead atoms. The molecule has 2 aromatic carbocycles. The highest BCUT2D eigenvalue weighted by atomic mass is 127. The van der Waals surface area contributed by atoms with Crippen molar-refractivity contribution in [2.45, 2.75) is 25.5 Å².